The summed E-state index contributed by atoms with van der Waals surface area (Å²) in [5.74, 6) is 0.625. The number of nitrogens with zero attached hydrogens (tertiary/aromatic N) is 2. The summed E-state index contributed by atoms with van der Waals surface area (Å²) in [5, 5.41) is 10.1. The van der Waals surface area contributed by atoms with Crippen LogP contribution < -0.4 is 4.74 Å². The second kappa shape index (κ2) is 6.12. The maximum absolute atomic E-state index is 10.1. The van der Waals surface area contributed by atoms with Gasteiger partial charge in [-0.15, -0.1) is 0 Å². The van der Waals surface area contributed by atoms with E-state index < -0.39 is 6.10 Å². The molecule has 0 aliphatic heterocycles. The van der Waals surface area contributed by atoms with Crippen LogP contribution in [0.3, 0.4) is 0 Å². The first-order chi connectivity index (χ1) is 8.81. The normalized spacial score (nSPS) is 12.1. The monoisotopic (exact) mass is 244 g/mol. The predicted octanol–water partition coefficient (Wildman–Crippen LogP) is 2.15. The molecule has 0 amide bonds. The molecule has 0 spiro atoms. The van der Waals surface area contributed by atoms with Crippen LogP contribution in [0.1, 0.15) is 23.8 Å². The van der Waals surface area contributed by atoms with Crippen LogP contribution in [0.4, 0.5) is 0 Å². The van der Waals surface area contributed by atoms with E-state index in [0.29, 0.717) is 17.9 Å². The van der Waals surface area contributed by atoms with E-state index in [1.807, 2.05) is 12.1 Å². The lowest BCUT2D eigenvalue weighted by molar-refractivity contribution is 0.158. The average Bonchev–Trinajstić information content (AvgIpc) is 2.45. The highest BCUT2D eigenvalue weighted by molar-refractivity contribution is 5.28. The number of aliphatic hydroxyl groups is 1. The number of aromatic nitrogens is 2. The minimum absolute atomic E-state index is 0.592. The Morgan fingerprint density at radius 3 is 2.72 bits per heavy atom. The van der Waals surface area contributed by atoms with Crippen LogP contribution >= 0.6 is 0 Å². The first-order valence-corrected chi connectivity index (χ1v) is 5.87. The molecule has 0 saturated heterocycles. The lowest BCUT2D eigenvalue weighted by Crippen LogP contribution is -2.04. The highest BCUT2D eigenvalue weighted by Crippen LogP contribution is 2.25. The minimum atomic E-state index is -0.616. The Morgan fingerprint density at radius 1 is 1.22 bits per heavy atom. The van der Waals surface area contributed by atoms with Crippen molar-refractivity contribution in [2.75, 3.05) is 7.11 Å². The number of methoxy groups -OCH3 is 1. The number of pyridine rings is 2. The quantitative estimate of drug-likeness (QED) is 0.875. The van der Waals surface area contributed by atoms with Crippen LogP contribution in [0.2, 0.25) is 0 Å². The van der Waals surface area contributed by atoms with Gasteiger partial charge in [0.1, 0.15) is 17.5 Å². The summed E-state index contributed by atoms with van der Waals surface area (Å²) in [7, 11) is 1.58. The largest absolute Gasteiger partial charge is 0.495 e. The van der Waals surface area contributed by atoms with Gasteiger partial charge in [-0.05, 0) is 42.7 Å². The van der Waals surface area contributed by atoms with Gasteiger partial charge in [0.2, 0.25) is 0 Å². The van der Waals surface area contributed by atoms with Gasteiger partial charge in [-0.3, -0.25) is 9.97 Å². The highest BCUT2D eigenvalue weighted by atomic mass is 16.5. The zero-order valence-corrected chi connectivity index (χ0v) is 10.3. The van der Waals surface area contributed by atoms with Crippen LogP contribution in [0, 0.1) is 0 Å². The van der Waals surface area contributed by atoms with E-state index in [1.54, 1.807) is 37.8 Å². The topological polar surface area (TPSA) is 55.2 Å². The molecule has 1 unspecified atom stereocenters. The van der Waals surface area contributed by atoms with E-state index in [2.05, 4.69) is 9.97 Å². The first kappa shape index (κ1) is 12.5. The molecular formula is C14H16N2O2. The van der Waals surface area contributed by atoms with Crippen molar-refractivity contribution >= 4 is 0 Å². The zero-order valence-electron chi connectivity index (χ0n) is 10.3. The third-order valence-electron chi connectivity index (χ3n) is 2.79. The Labute approximate surface area is 106 Å². The minimum Gasteiger partial charge on any atom is -0.495 e. The van der Waals surface area contributed by atoms with Crippen molar-refractivity contribution < 1.29 is 9.84 Å². The van der Waals surface area contributed by atoms with Crippen LogP contribution in [-0.2, 0) is 6.42 Å². The fourth-order valence-electron chi connectivity index (χ4n) is 1.82. The molecule has 0 saturated carbocycles. The molecule has 2 aromatic rings. The number of aryl methyl sites for hydroxylation is 1. The second-order valence-corrected chi connectivity index (χ2v) is 4.00. The fraction of sp³-hybridized carbons (Fsp3) is 0.286. The van der Waals surface area contributed by atoms with Crippen molar-refractivity contribution in [3.63, 3.8) is 0 Å². The summed E-state index contributed by atoms with van der Waals surface area (Å²) >= 11 is 0. The number of hydrogen-bond acceptors (Lipinski definition) is 4. The number of hydrogen-bond donors (Lipinski definition) is 1. The molecule has 94 valence electrons. The zero-order chi connectivity index (χ0) is 12.8. The van der Waals surface area contributed by atoms with E-state index in [0.717, 1.165) is 12.0 Å². The molecule has 2 heterocycles. The number of rotatable bonds is 5. The third-order valence-corrected chi connectivity index (χ3v) is 2.79. The van der Waals surface area contributed by atoms with Crippen LogP contribution in [0.5, 0.6) is 5.75 Å². The van der Waals surface area contributed by atoms with E-state index in [9.17, 15) is 5.11 Å². The maximum atomic E-state index is 10.1. The smallest absolute Gasteiger partial charge is 0.143 e. The van der Waals surface area contributed by atoms with Crippen LogP contribution in [0.15, 0.2) is 42.9 Å². The van der Waals surface area contributed by atoms with Gasteiger partial charge in [0.25, 0.3) is 0 Å². The van der Waals surface area contributed by atoms with Gasteiger partial charge < -0.3 is 9.84 Å². The Kier molecular flexibility index (Phi) is 4.25. The highest BCUT2D eigenvalue weighted by Gasteiger charge is 2.14. The van der Waals surface area contributed by atoms with Crippen molar-refractivity contribution in [1.29, 1.82) is 0 Å². The Bertz CT molecular complexity index is 488. The molecule has 0 aliphatic rings. The molecule has 2 aromatic heterocycles. The van der Waals surface area contributed by atoms with Crippen molar-refractivity contribution in [2.45, 2.75) is 18.9 Å². The molecule has 1 atom stereocenters. The molecule has 2 rings (SSSR count). The summed E-state index contributed by atoms with van der Waals surface area (Å²) in [5.41, 5.74) is 1.74. The molecule has 0 aromatic carbocycles. The molecule has 0 radical (unpaired) electrons. The number of aliphatic hydroxyl groups excluding tert-OH is 1. The molecule has 4 heteroatoms. The van der Waals surface area contributed by atoms with Gasteiger partial charge in [-0.25, -0.2) is 0 Å². The molecule has 0 bridgehead atoms. The summed E-state index contributed by atoms with van der Waals surface area (Å²) in [6.45, 7) is 0. The standard InChI is InChI=1S/C14H16N2O2/c1-18-13-3-2-8-16-14(13)12(17)5-4-11-6-9-15-10-7-11/h2-3,6-10,12,17H,4-5H2,1H3. The van der Waals surface area contributed by atoms with Gasteiger partial charge in [0.05, 0.1) is 7.11 Å². The van der Waals surface area contributed by atoms with E-state index in [-0.39, 0.29) is 0 Å². The van der Waals surface area contributed by atoms with Crippen molar-refractivity contribution in [2.24, 2.45) is 0 Å². The summed E-state index contributed by atoms with van der Waals surface area (Å²) in [6, 6.07) is 7.49. The van der Waals surface area contributed by atoms with Crippen molar-refractivity contribution in [3.05, 3.63) is 54.1 Å². The van der Waals surface area contributed by atoms with Crippen LogP contribution in [0.25, 0.3) is 0 Å². The summed E-state index contributed by atoms with van der Waals surface area (Å²) < 4.78 is 5.19. The molecule has 4 nitrogen and oxygen atoms in total. The first-order valence-electron chi connectivity index (χ1n) is 5.87. The molecule has 0 aliphatic carbocycles. The van der Waals surface area contributed by atoms with Gasteiger partial charge in [-0.2, -0.15) is 0 Å². The van der Waals surface area contributed by atoms with E-state index >= 15 is 0 Å². The molecular weight excluding hydrogens is 228 g/mol. The Balaban J connectivity index is 2.01. The lowest BCUT2D eigenvalue weighted by atomic mass is 10.1. The van der Waals surface area contributed by atoms with E-state index in [1.165, 1.54) is 0 Å². The van der Waals surface area contributed by atoms with Gasteiger partial charge >= 0.3 is 0 Å². The van der Waals surface area contributed by atoms with Crippen LogP contribution in [-0.4, -0.2) is 22.2 Å². The summed E-state index contributed by atoms with van der Waals surface area (Å²) in [4.78, 5) is 8.14. The van der Waals surface area contributed by atoms with E-state index in [4.69, 9.17) is 4.74 Å². The third kappa shape index (κ3) is 3.05. The fourth-order valence-corrected chi connectivity index (χ4v) is 1.82. The van der Waals surface area contributed by atoms with Gasteiger partial charge in [-0.1, -0.05) is 0 Å². The SMILES string of the molecule is COc1cccnc1C(O)CCc1ccncc1. The van der Waals surface area contributed by atoms with Gasteiger partial charge in [0, 0.05) is 18.6 Å². The van der Waals surface area contributed by atoms with Crippen molar-refractivity contribution in [3.8, 4) is 5.75 Å². The Hall–Kier alpha value is -1.94. The molecule has 0 fully saturated rings. The molecule has 1 N–H and O–H groups in total. The molecule has 18 heavy (non-hydrogen) atoms. The number of ether oxygens (including phenoxy) is 1. The van der Waals surface area contributed by atoms with Gasteiger partial charge in [0.15, 0.2) is 0 Å². The predicted molar refractivity (Wildman–Crippen MR) is 68.3 cm³/mol. The maximum Gasteiger partial charge on any atom is 0.143 e. The summed E-state index contributed by atoms with van der Waals surface area (Å²) in [6.07, 6.45) is 5.94. The Morgan fingerprint density at radius 2 is 2.00 bits per heavy atom. The average molecular weight is 244 g/mol. The second-order valence-electron chi connectivity index (χ2n) is 4.00. The lowest BCUT2D eigenvalue weighted by Gasteiger charge is -2.13. The van der Waals surface area contributed by atoms with Crippen molar-refractivity contribution in [1.82, 2.24) is 9.97 Å².